The zero-order valence-corrected chi connectivity index (χ0v) is 14.4. The molecule has 1 saturated heterocycles. The number of rotatable bonds is 7. The minimum atomic E-state index is -0.214. The Morgan fingerprint density at radius 1 is 1.39 bits per heavy atom. The van der Waals surface area contributed by atoms with Crippen LogP contribution in [0.15, 0.2) is 18.2 Å². The van der Waals surface area contributed by atoms with Gasteiger partial charge in [-0.1, -0.05) is 6.92 Å². The van der Waals surface area contributed by atoms with Crippen molar-refractivity contribution in [2.24, 2.45) is 0 Å². The van der Waals surface area contributed by atoms with Gasteiger partial charge in [-0.3, -0.25) is 0 Å². The van der Waals surface area contributed by atoms with Crippen molar-refractivity contribution in [2.75, 3.05) is 31.7 Å². The van der Waals surface area contributed by atoms with Gasteiger partial charge in [-0.15, -0.1) is 0 Å². The fraction of sp³-hybridized carbons (Fsp3) is 0.667. The smallest absolute Gasteiger partial charge is 0.123 e. The van der Waals surface area contributed by atoms with Gasteiger partial charge in [0.15, 0.2) is 0 Å². The van der Waals surface area contributed by atoms with Crippen LogP contribution in [0.25, 0.3) is 0 Å². The molecule has 2 atom stereocenters. The highest BCUT2D eigenvalue weighted by atomic mass is 19.1. The van der Waals surface area contributed by atoms with Crippen molar-refractivity contribution in [2.45, 2.75) is 51.3 Å². The predicted octanol–water partition coefficient (Wildman–Crippen LogP) is 2.86. The van der Waals surface area contributed by atoms with Crippen LogP contribution in [-0.4, -0.2) is 44.1 Å². The number of ether oxygens (including phenoxy) is 1. The van der Waals surface area contributed by atoms with E-state index in [4.69, 9.17) is 4.74 Å². The molecule has 0 spiro atoms. The molecule has 2 N–H and O–H groups in total. The Labute approximate surface area is 138 Å². The highest BCUT2D eigenvalue weighted by Crippen LogP contribution is 2.30. The minimum Gasteiger partial charge on any atom is -0.393 e. The number of aliphatic hydroxyl groups excluding tert-OH is 1. The van der Waals surface area contributed by atoms with Gasteiger partial charge in [-0.2, -0.15) is 0 Å². The monoisotopic (exact) mass is 324 g/mol. The van der Waals surface area contributed by atoms with E-state index in [9.17, 15) is 9.50 Å². The van der Waals surface area contributed by atoms with Crippen LogP contribution in [-0.2, 0) is 4.74 Å². The average Bonchev–Trinajstić information content (AvgIpc) is 2.55. The van der Waals surface area contributed by atoms with E-state index in [1.54, 1.807) is 13.2 Å². The Balaban J connectivity index is 2.17. The largest absolute Gasteiger partial charge is 0.393 e. The van der Waals surface area contributed by atoms with Gasteiger partial charge in [0.2, 0.25) is 0 Å². The first-order chi connectivity index (χ1) is 11.0. The molecule has 0 saturated carbocycles. The van der Waals surface area contributed by atoms with Crippen molar-refractivity contribution >= 4 is 5.69 Å². The number of nitrogens with one attached hydrogen (secondary N) is 1. The molecule has 4 nitrogen and oxygen atoms in total. The Kier molecular flexibility index (Phi) is 6.81. The first-order valence-electron chi connectivity index (χ1n) is 8.52. The van der Waals surface area contributed by atoms with E-state index in [0.29, 0.717) is 6.61 Å². The van der Waals surface area contributed by atoms with Gasteiger partial charge in [0.05, 0.1) is 12.7 Å². The summed E-state index contributed by atoms with van der Waals surface area (Å²) in [5.41, 5.74) is 2.03. The van der Waals surface area contributed by atoms with Gasteiger partial charge in [0.1, 0.15) is 5.82 Å². The Bertz CT molecular complexity index is 490. The molecule has 1 fully saturated rings. The van der Waals surface area contributed by atoms with Crippen molar-refractivity contribution in [3.63, 3.8) is 0 Å². The Morgan fingerprint density at radius 2 is 2.09 bits per heavy atom. The van der Waals surface area contributed by atoms with Crippen LogP contribution in [0.1, 0.15) is 44.7 Å². The lowest BCUT2D eigenvalue weighted by atomic mass is 10.0. The maximum atomic E-state index is 13.8. The molecule has 0 bridgehead atoms. The number of hydrogen-bond donors (Lipinski definition) is 2. The number of halogens is 1. The maximum absolute atomic E-state index is 13.8. The number of nitrogens with zero attached hydrogens (tertiary/aromatic N) is 1. The molecule has 2 rings (SSSR count). The van der Waals surface area contributed by atoms with Gasteiger partial charge < -0.3 is 20.1 Å². The molecule has 1 aromatic carbocycles. The average molecular weight is 324 g/mol. The van der Waals surface area contributed by atoms with E-state index in [-0.39, 0.29) is 24.0 Å². The standard InChI is InChI=1S/C18H29FN2O2/c1-4-15(12-23-3)20-13(2)17-11-14(19)5-6-18(17)21-9-7-16(22)8-10-21/h5-6,11,13,15-16,20,22H,4,7-10,12H2,1-3H3. The van der Waals surface area contributed by atoms with Crippen molar-refractivity contribution in [1.82, 2.24) is 5.32 Å². The fourth-order valence-corrected chi connectivity index (χ4v) is 3.20. The molecule has 23 heavy (non-hydrogen) atoms. The third-order valence-electron chi connectivity index (χ3n) is 4.61. The molecular formula is C18H29FN2O2. The van der Waals surface area contributed by atoms with E-state index < -0.39 is 0 Å². The number of piperidine rings is 1. The number of aliphatic hydroxyl groups is 1. The molecular weight excluding hydrogens is 295 g/mol. The number of benzene rings is 1. The summed E-state index contributed by atoms with van der Waals surface area (Å²) < 4.78 is 19.0. The maximum Gasteiger partial charge on any atom is 0.123 e. The third kappa shape index (κ3) is 4.90. The number of hydrogen-bond acceptors (Lipinski definition) is 4. The molecule has 1 heterocycles. The van der Waals surface area contributed by atoms with Crippen LogP contribution >= 0.6 is 0 Å². The van der Waals surface area contributed by atoms with Gasteiger partial charge in [-0.05, 0) is 49.9 Å². The summed E-state index contributed by atoms with van der Waals surface area (Å²) in [4.78, 5) is 2.25. The summed E-state index contributed by atoms with van der Waals surface area (Å²) in [6.07, 6.45) is 2.27. The van der Waals surface area contributed by atoms with E-state index >= 15 is 0 Å². The Hall–Kier alpha value is -1.17. The summed E-state index contributed by atoms with van der Waals surface area (Å²) in [5, 5.41) is 13.2. The lowest BCUT2D eigenvalue weighted by molar-refractivity contribution is 0.145. The van der Waals surface area contributed by atoms with Crippen LogP contribution in [0.5, 0.6) is 0 Å². The van der Waals surface area contributed by atoms with Gasteiger partial charge in [0, 0.05) is 38.0 Å². The molecule has 0 aromatic heterocycles. The molecule has 130 valence electrons. The van der Waals surface area contributed by atoms with Gasteiger partial charge >= 0.3 is 0 Å². The third-order valence-corrected chi connectivity index (χ3v) is 4.61. The molecule has 1 aliphatic heterocycles. The molecule has 5 heteroatoms. The first-order valence-corrected chi connectivity index (χ1v) is 8.52. The predicted molar refractivity (Wildman–Crippen MR) is 91.4 cm³/mol. The zero-order chi connectivity index (χ0) is 16.8. The van der Waals surface area contributed by atoms with Crippen molar-refractivity contribution in [1.29, 1.82) is 0 Å². The summed E-state index contributed by atoms with van der Waals surface area (Å²) in [7, 11) is 1.70. The quantitative estimate of drug-likeness (QED) is 0.809. The molecule has 2 unspecified atom stereocenters. The molecule has 0 radical (unpaired) electrons. The second kappa shape index (κ2) is 8.62. The van der Waals surface area contributed by atoms with Gasteiger partial charge in [-0.25, -0.2) is 4.39 Å². The van der Waals surface area contributed by atoms with Crippen LogP contribution in [0.3, 0.4) is 0 Å². The minimum absolute atomic E-state index is 0.0349. The van der Waals surface area contributed by atoms with Crippen LogP contribution in [0.4, 0.5) is 10.1 Å². The molecule has 1 aromatic rings. The second-order valence-electron chi connectivity index (χ2n) is 6.37. The van der Waals surface area contributed by atoms with E-state index in [1.807, 2.05) is 6.07 Å². The van der Waals surface area contributed by atoms with Gasteiger partial charge in [0.25, 0.3) is 0 Å². The van der Waals surface area contributed by atoms with E-state index in [0.717, 1.165) is 43.6 Å². The summed E-state index contributed by atoms with van der Waals surface area (Å²) in [6, 6.07) is 5.28. The highest BCUT2D eigenvalue weighted by Gasteiger charge is 2.22. The van der Waals surface area contributed by atoms with Crippen LogP contribution in [0, 0.1) is 5.82 Å². The van der Waals surface area contributed by atoms with Crippen molar-refractivity contribution in [3.8, 4) is 0 Å². The number of anilines is 1. The summed E-state index contributed by atoms with van der Waals surface area (Å²) in [6.45, 7) is 6.43. The lowest BCUT2D eigenvalue weighted by Gasteiger charge is -2.34. The zero-order valence-electron chi connectivity index (χ0n) is 14.4. The van der Waals surface area contributed by atoms with Crippen LogP contribution in [0.2, 0.25) is 0 Å². The van der Waals surface area contributed by atoms with E-state index in [2.05, 4.69) is 24.1 Å². The SMILES string of the molecule is CCC(COC)NC(C)c1cc(F)ccc1N1CCC(O)CC1. The highest BCUT2D eigenvalue weighted by molar-refractivity contribution is 5.55. The topological polar surface area (TPSA) is 44.7 Å². The fourth-order valence-electron chi connectivity index (χ4n) is 3.20. The van der Waals surface area contributed by atoms with E-state index in [1.165, 1.54) is 6.07 Å². The van der Waals surface area contributed by atoms with Crippen LogP contribution < -0.4 is 10.2 Å². The molecule has 1 aliphatic rings. The normalized spacial score (nSPS) is 18.9. The second-order valence-corrected chi connectivity index (χ2v) is 6.37. The number of methoxy groups -OCH3 is 1. The molecule has 0 aliphatic carbocycles. The van der Waals surface area contributed by atoms with Crippen molar-refractivity contribution in [3.05, 3.63) is 29.6 Å². The first kappa shape index (κ1) is 18.2. The summed E-state index contributed by atoms with van der Waals surface area (Å²) in [5.74, 6) is -0.214. The summed E-state index contributed by atoms with van der Waals surface area (Å²) >= 11 is 0. The molecule has 0 amide bonds. The lowest BCUT2D eigenvalue weighted by Crippen LogP contribution is -2.38. The Morgan fingerprint density at radius 3 is 2.70 bits per heavy atom. The van der Waals surface area contributed by atoms with Crippen molar-refractivity contribution < 1.29 is 14.2 Å².